The van der Waals surface area contributed by atoms with E-state index in [1.165, 1.54) is 11.4 Å². The normalized spacial score (nSPS) is 11.0. The number of esters is 1. The third-order valence-corrected chi connectivity index (χ3v) is 6.45. The van der Waals surface area contributed by atoms with Crippen molar-refractivity contribution in [3.05, 3.63) is 83.9 Å². The van der Waals surface area contributed by atoms with Crippen molar-refractivity contribution >= 4 is 21.7 Å². The minimum Gasteiger partial charge on any atom is -0.482 e. The molecule has 0 aliphatic rings. The zero-order chi connectivity index (χ0) is 21.7. The number of hydrogen-bond acceptors (Lipinski definition) is 5. The first-order valence-electron chi connectivity index (χ1n) is 9.32. The number of carbonyl (C=O) groups is 1. The summed E-state index contributed by atoms with van der Waals surface area (Å²) in [6.07, 6.45) is 0. The smallest absolute Gasteiger partial charge is 0.349 e. The van der Waals surface area contributed by atoms with E-state index in [2.05, 4.69) is 0 Å². The van der Waals surface area contributed by atoms with Gasteiger partial charge in [0.1, 0.15) is 11.5 Å². The second-order valence-corrected chi connectivity index (χ2v) is 8.76. The van der Waals surface area contributed by atoms with Crippen molar-refractivity contribution in [2.24, 2.45) is 0 Å². The fourth-order valence-electron chi connectivity index (χ4n) is 2.72. The van der Waals surface area contributed by atoms with Crippen LogP contribution in [-0.2, 0) is 14.8 Å². The first-order chi connectivity index (χ1) is 14.3. The summed E-state index contributed by atoms with van der Waals surface area (Å²) in [4.78, 5) is 12.2. The van der Waals surface area contributed by atoms with Crippen LogP contribution in [0.4, 0.5) is 5.69 Å². The molecule has 6 nitrogen and oxygen atoms in total. The number of anilines is 1. The number of hydrogen-bond donors (Lipinski definition) is 0. The van der Waals surface area contributed by atoms with Crippen LogP contribution in [0.1, 0.15) is 11.1 Å². The Bertz CT molecular complexity index is 1130. The molecular formula is C23H23NO5S. The zero-order valence-corrected chi connectivity index (χ0v) is 17.8. The molecule has 0 heterocycles. The molecule has 3 aromatic carbocycles. The third-order valence-electron chi connectivity index (χ3n) is 4.67. The molecule has 0 spiro atoms. The molecule has 156 valence electrons. The van der Waals surface area contributed by atoms with Crippen molar-refractivity contribution in [1.29, 1.82) is 0 Å². The Labute approximate surface area is 176 Å². The molecule has 0 N–H and O–H groups in total. The highest BCUT2D eigenvalue weighted by Gasteiger charge is 2.22. The fourth-order valence-corrected chi connectivity index (χ4v) is 4.00. The maximum atomic E-state index is 12.9. The van der Waals surface area contributed by atoms with Crippen LogP contribution in [0.3, 0.4) is 0 Å². The van der Waals surface area contributed by atoms with Crippen LogP contribution in [0.15, 0.2) is 77.7 Å². The van der Waals surface area contributed by atoms with Crippen molar-refractivity contribution < 1.29 is 22.7 Å². The van der Waals surface area contributed by atoms with Gasteiger partial charge in [-0.1, -0.05) is 24.3 Å². The average Bonchev–Trinajstić information content (AvgIpc) is 2.75. The van der Waals surface area contributed by atoms with Crippen molar-refractivity contribution in [2.75, 3.05) is 18.0 Å². The Balaban J connectivity index is 1.65. The van der Waals surface area contributed by atoms with E-state index in [0.29, 0.717) is 17.2 Å². The number of para-hydroxylation sites is 1. The molecule has 0 amide bonds. The van der Waals surface area contributed by atoms with Crippen LogP contribution in [0.5, 0.6) is 11.5 Å². The molecule has 0 saturated carbocycles. The van der Waals surface area contributed by atoms with Gasteiger partial charge in [0.05, 0.1) is 10.6 Å². The monoisotopic (exact) mass is 425 g/mol. The predicted molar refractivity (Wildman–Crippen MR) is 116 cm³/mol. The first-order valence-corrected chi connectivity index (χ1v) is 10.8. The molecule has 0 radical (unpaired) electrons. The Morgan fingerprint density at radius 3 is 2.17 bits per heavy atom. The molecule has 0 aliphatic heterocycles. The quantitative estimate of drug-likeness (QED) is 0.421. The van der Waals surface area contributed by atoms with Crippen LogP contribution in [-0.4, -0.2) is 28.0 Å². The summed E-state index contributed by atoms with van der Waals surface area (Å²) in [7, 11) is -2.22. The Hall–Kier alpha value is -3.32. The van der Waals surface area contributed by atoms with E-state index in [-0.39, 0.29) is 11.5 Å². The lowest BCUT2D eigenvalue weighted by Gasteiger charge is -2.20. The van der Waals surface area contributed by atoms with Crippen molar-refractivity contribution in [2.45, 2.75) is 18.7 Å². The van der Waals surface area contributed by atoms with Crippen LogP contribution in [0.2, 0.25) is 0 Å². The van der Waals surface area contributed by atoms with E-state index in [9.17, 15) is 13.2 Å². The van der Waals surface area contributed by atoms with Crippen molar-refractivity contribution in [1.82, 2.24) is 0 Å². The topological polar surface area (TPSA) is 72.9 Å². The van der Waals surface area contributed by atoms with Crippen LogP contribution >= 0.6 is 0 Å². The largest absolute Gasteiger partial charge is 0.482 e. The van der Waals surface area contributed by atoms with E-state index >= 15 is 0 Å². The van der Waals surface area contributed by atoms with Gasteiger partial charge in [-0.25, -0.2) is 13.2 Å². The number of nitrogens with zero attached hydrogens (tertiary/aromatic N) is 1. The minimum absolute atomic E-state index is 0.224. The van der Waals surface area contributed by atoms with E-state index in [4.69, 9.17) is 9.47 Å². The number of rotatable bonds is 7. The average molecular weight is 426 g/mol. The van der Waals surface area contributed by atoms with Gasteiger partial charge in [0.15, 0.2) is 6.61 Å². The molecule has 7 heteroatoms. The molecule has 0 saturated heterocycles. The Kier molecular flexibility index (Phi) is 6.42. The molecule has 3 rings (SSSR count). The Morgan fingerprint density at radius 1 is 0.867 bits per heavy atom. The number of benzene rings is 3. The molecule has 0 unspecified atom stereocenters. The summed E-state index contributed by atoms with van der Waals surface area (Å²) >= 11 is 0. The van der Waals surface area contributed by atoms with Crippen LogP contribution in [0, 0.1) is 13.8 Å². The molecule has 0 aliphatic carbocycles. The third kappa shape index (κ3) is 4.99. The highest BCUT2D eigenvalue weighted by molar-refractivity contribution is 7.92. The highest BCUT2D eigenvalue weighted by Crippen LogP contribution is 2.25. The minimum atomic E-state index is -3.70. The lowest BCUT2D eigenvalue weighted by molar-refractivity contribution is -0.136. The van der Waals surface area contributed by atoms with Gasteiger partial charge in [-0.2, -0.15) is 0 Å². The number of carbonyl (C=O) groups excluding carboxylic acids is 1. The summed E-state index contributed by atoms with van der Waals surface area (Å²) in [6.45, 7) is 3.58. The Morgan fingerprint density at radius 2 is 1.53 bits per heavy atom. The summed E-state index contributed by atoms with van der Waals surface area (Å²) in [6, 6.07) is 20.2. The van der Waals surface area contributed by atoms with Gasteiger partial charge >= 0.3 is 5.97 Å². The van der Waals surface area contributed by atoms with E-state index in [1.54, 1.807) is 54.6 Å². The van der Waals surface area contributed by atoms with Gasteiger partial charge in [-0.15, -0.1) is 0 Å². The van der Waals surface area contributed by atoms with Crippen molar-refractivity contribution in [3.63, 3.8) is 0 Å². The molecule has 0 atom stereocenters. The van der Waals surface area contributed by atoms with Gasteiger partial charge in [0.25, 0.3) is 10.0 Å². The first kappa shape index (κ1) is 21.4. The lowest BCUT2D eigenvalue weighted by Crippen LogP contribution is -2.26. The van der Waals surface area contributed by atoms with Crippen LogP contribution in [0.25, 0.3) is 0 Å². The summed E-state index contributed by atoms with van der Waals surface area (Å²) in [5.74, 6) is 0.322. The second kappa shape index (κ2) is 9.00. The number of ether oxygens (including phenoxy) is 2. The van der Waals surface area contributed by atoms with Gasteiger partial charge < -0.3 is 9.47 Å². The number of aryl methyl sites for hydroxylation is 2. The van der Waals surface area contributed by atoms with Crippen molar-refractivity contribution in [3.8, 4) is 11.5 Å². The highest BCUT2D eigenvalue weighted by atomic mass is 32.2. The maximum Gasteiger partial charge on any atom is 0.349 e. The second-order valence-electron chi connectivity index (χ2n) is 6.79. The molecule has 0 aromatic heterocycles. The summed E-state index contributed by atoms with van der Waals surface area (Å²) in [5.41, 5.74) is 2.39. The summed E-state index contributed by atoms with van der Waals surface area (Å²) < 4.78 is 37.6. The fraction of sp³-hybridized carbons (Fsp3) is 0.174. The van der Waals surface area contributed by atoms with E-state index in [0.717, 1.165) is 11.1 Å². The van der Waals surface area contributed by atoms with Gasteiger partial charge in [-0.3, -0.25) is 4.31 Å². The standard InChI is InChI=1S/C23H23NO5S/c1-17-9-14-22(15-18(17)2)30(26,27)24(3)19-10-12-21(13-11-19)29-23(25)16-28-20-7-5-4-6-8-20/h4-15H,16H2,1-3H3. The zero-order valence-electron chi connectivity index (χ0n) is 17.0. The van der Waals surface area contributed by atoms with E-state index in [1.807, 2.05) is 32.0 Å². The maximum absolute atomic E-state index is 12.9. The van der Waals surface area contributed by atoms with Gasteiger partial charge in [-0.05, 0) is 73.5 Å². The molecule has 3 aromatic rings. The predicted octanol–water partition coefficient (Wildman–Crippen LogP) is 4.11. The van der Waals surface area contributed by atoms with E-state index < -0.39 is 16.0 Å². The molecule has 30 heavy (non-hydrogen) atoms. The molecule has 0 bridgehead atoms. The molecule has 0 fully saturated rings. The van der Waals surface area contributed by atoms with Gasteiger partial charge in [0.2, 0.25) is 0 Å². The lowest BCUT2D eigenvalue weighted by atomic mass is 10.1. The summed E-state index contributed by atoms with van der Waals surface area (Å²) in [5, 5.41) is 0. The SMILES string of the molecule is Cc1ccc(S(=O)(=O)N(C)c2ccc(OC(=O)COc3ccccc3)cc2)cc1C. The number of sulfonamides is 1. The van der Waals surface area contributed by atoms with Crippen LogP contribution < -0.4 is 13.8 Å². The molecular weight excluding hydrogens is 402 g/mol. The van der Waals surface area contributed by atoms with Gasteiger partial charge in [0, 0.05) is 7.05 Å².